The second kappa shape index (κ2) is 4.43. The van der Waals surface area contributed by atoms with E-state index >= 15 is 0 Å². The van der Waals surface area contributed by atoms with Crippen molar-refractivity contribution >= 4 is 0 Å². The van der Waals surface area contributed by atoms with E-state index in [4.69, 9.17) is 11.5 Å². The van der Waals surface area contributed by atoms with Crippen molar-refractivity contribution in [2.75, 3.05) is 0 Å². The Morgan fingerprint density at radius 2 is 2.00 bits per heavy atom. The van der Waals surface area contributed by atoms with E-state index in [-0.39, 0.29) is 27.1 Å². The molecule has 0 aromatic rings. The minimum absolute atomic E-state index is 0. The summed E-state index contributed by atoms with van der Waals surface area (Å²) in [4.78, 5) is 0. The molecule has 1 aliphatic carbocycles. The second-order valence-electron chi connectivity index (χ2n) is 2.43. The summed E-state index contributed by atoms with van der Waals surface area (Å²) in [6.45, 7) is 0. The molecule has 9 heavy (non-hydrogen) atoms. The van der Waals surface area contributed by atoms with Gasteiger partial charge in [-0.25, -0.2) is 6.04 Å². The molecule has 0 spiro atoms. The molecule has 1 saturated carbocycles. The van der Waals surface area contributed by atoms with E-state index in [1.807, 2.05) is 0 Å². The maximum atomic E-state index is 5.62. The first-order valence-electron chi connectivity index (χ1n) is 3.17. The van der Waals surface area contributed by atoms with Gasteiger partial charge in [0.05, 0.1) is 0 Å². The summed E-state index contributed by atoms with van der Waals surface area (Å²) in [5.74, 6) is 0. The average Bonchev–Trinajstić information content (AvgIpc) is 1.77. The van der Waals surface area contributed by atoms with Crippen LogP contribution in [0.2, 0.25) is 0 Å². The molecule has 0 amide bonds. The van der Waals surface area contributed by atoms with E-state index in [1.165, 1.54) is 12.8 Å². The molecule has 0 heterocycles. The van der Waals surface area contributed by atoms with Crippen LogP contribution in [-0.4, -0.2) is 6.04 Å². The minimum atomic E-state index is 0. The number of nitrogens with two attached hydrogens (primary N) is 2. The van der Waals surface area contributed by atoms with Crippen LogP contribution in [-0.2, 0) is 21.1 Å². The van der Waals surface area contributed by atoms with Crippen molar-refractivity contribution in [3.63, 3.8) is 0 Å². The molecule has 0 aromatic heterocycles. The van der Waals surface area contributed by atoms with Gasteiger partial charge in [0.1, 0.15) is 0 Å². The van der Waals surface area contributed by atoms with Crippen molar-refractivity contribution in [1.82, 2.24) is 0 Å². The van der Waals surface area contributed by atoms with E-state index in [9.17, 15) is 0 Å². The van der Waals surface area contributed by atoms with Crippen LogP contribution in [0.1, 0.15) is 25.7 Å². The van der Waals surface area contributed by atoms with Crippen molar-refractivity contribution in [3.05, 3.63) is 6.04 Å². The summed E-state index contributed by atoms with van der Waals surface area (Å²) < 4.78 is 0. The summed E-state index contributed by atoms with van der Waals surface area (Å²) in [6, 6.07) is 1.19. The van der Waals surface area contributed by atoms with Crippen LogP contribution in [0.4, 0.5) is 0 Å². The van der Waals surface area contributed by atoms with E-state index in [1.54, 1.807) is 0 Å². The van der Waals surface area contributed by atoms with E-state index in [0.29, 0.717) is 0 Å². The summed E-state index contributed by atoms with van der Waals surface area (Å²) in [5.41, 5.74) is 11.2. The molecule has 1 atom stereocenters. The summed E-state index contributed by atoms with van der Waals surface area (Å²) >= 11 is 0. The molecular formula is C6H13N2Pt-. The molecule has 0 saturated heterocycles. The fourth-order valence-corrected chi connectivity index (χ4v) is 1.06. The van der Waals surface area contributed by atoms with Crippen molar-refractivity contribution in [2.24, 2.45) is 11.5 Å². The van der Waals surface area contributed by atoms with Crippen LogP contribution < -0.4 is 11.5 Å². The Hall–Kier alpha value is 0.608. The van der Waals surface area contributed by atoms with Crippen LogP contribution in [0.15, 0.2) is 0 Å². The number of rotatable bonds is 0. The minimum Gasteiger partial charge on any atom is -0.479 e. The fourth-order valence-electron chi connectivity index (χ4n) is 1.06. The smallest absolute Gasteiger partial charge is 0 e. The molecule has 2 nitrogen and oxygen atoms in total. The van der Waals surface area contributed by atoms with Gasteiger partial charge in [-0.2, -0.15) is 6.42 Å². The molecule has 0 radical (unpaired) electrons. The Morgan fingerprint density at radius 3 is 2.33 bits per heavy atom. The van der Waals surface area contributed by atoms with E-state index in [0.717, 1.165) is 18.9 Å². The molecule has 4 N–H and O–H groups in total. The van der Waals surface area contributed by atoms with Gasteiger partial charge in [0, 0.05) is 21.1 Å². The third kappa shape index (κ3) is 2.79. The Labute approximate surface area is 70.6 Å². The largest absolute Gasteiger partial charge is 0.479 e. The van der Waals surface area contributed by atoms with Crippen molar-refractivity contribution in [3.8, 4) is 0 Å². The Bertz CT molecular complexity index is 67.5. The third-order valence-electron chi connectivity index (χ3n) is 1.71. The fraction of sp³-hybridized carbons (Fsp3) is 0.833. The molecule has 3 heteroatoms. The Balaban J connectivity index is 0.000000640. The van der Waals surface area contributed by atoms with E-state index in [2.05, 4.69) is 0 Å². The predicted molar refractivity (Wildman–Crippen MR) is 33.9 cm³/mol. The van der Waals surface area contributed by atoms with Gasteiger partial charge < -0.3 is 11.5 Å². The van der Waals surface area contributed by atoms with Crippen LogP contribution in [0.25, 0.3) is 0 Å². The van der Waals surface area contributed by atoms with Gasteiger partial charge in [-0.15, -0.1) is 6.04 Å². The summed E-state index contributed by atoms with van der Waals surface area (Å²) in [5, 5.41) is 0. The number of hydrogen-bond acceptors (Lipinski definition) is 2. The van der Waals surface area contributed by atoms with Gasteiger partial charge in [-0.1, -0.05) is 19.3 Å². The first-order valence-corrected chi connectivity index (χ1v) is 3.17. The van der Waals surface area contributed by atoms with Crippen LogP contribution in [0.3, 0.4) is 0 Å². The van der Waals surface area contributed by atoms with Gasteiger partial charge in [-0.05, 0) is 0 Å². The molecule has 1 rings (SSSR count). The molecule has 1 aliphatic rings. The normalized spacial score (nSPS) is 29.3. The van der Waals surface area contributed by atoms with Crippen LogP contribution in [0.5, 0.6) is 0 Å². The zero-order valence-corrected chi connectivity index (χ0v) is 7.65. The third-order valence-corrected chi connectivity index (χ3v) is 1.71. The molecule has 1 fully saturated rings. The van der Waals surface area contributed by atoms with Crippen LogP contribution in [0, 0.1) is 6.04 Å². The predicted octanol–water partition coefficient (Wildman–Crippen LogP) is 0.376. The average molecular weight is 308 g/mol. The summed E-state index contributed by atoms with van der Waals surface area (Å²) in [6.07, 6.45) is 4.62. The topological polar surface area (TPSA) is 52.0 Å². The Kier molecular flexibility index (Phi) is 4.73. The number of hydrogen-bond donors (Lipinski definition) is 2. The molecule has 1 unspecified atom stereocenters. The molecule has 0 bridgehead atoms. The van der Waals surface area contributed by atoms with Crippen molar-refractivity contribution in [1.29, 1.82) is 0 Å². The van der Waals surface area contributed by atoms with Gasteiger partial charge in [-0.3, -0.25) is 0 Å². The zero-order valence-electron chi connectivity index (χ0n) is 5.38. The Morgan fingerprint density at radius 1 is 1.33 bits per heavy atom. The SMILES string of the molecule is N[C-]1CCCCC1N.[Pt]. The van der Waals surface area contributed by atoms with E-state index < -0.39 is 0 Å². The first-order chi connectivity index (χ1) is 3.80. The van der Waals surface area contributed by atoms with Gasteiger partial charge >= 0.3 is 0 Å². The van der Waals surface area contributed by atoms with Gasteiger partial charge in [0.2, 0.25) is 0 Å². The maximum Gasteiger partial charge on any atom is 0 e. The first kappa shape index (κ1) is 9.61. The summed E-state index contributed by atoms with van der Waals surface area (Å²) in [7, 11) is 0. The monoisotopic (exact) mass is 308 g/mol. The molecule has 0 aliphatic heterocycles. The van der Waals surface area contributed by atoms with Crippen molar-refractivity contribution in [2.45, 2.75) is 31.7 Å². The quantitative estimate of drug-likeness (QED) is 0.636. The molecule has 0 aromatic carbocycles. The zero-order chi connectivity index (χ0) is 5.98. The second-order valence-corrected chi connectivity index (χ2v) is 2.43. The molecule has 58 valence electrons. The van der Waals surface area contributed by atoms with Crippen LogP contribution >= 0.6 is 0 Å². The van der Waals surface area contributed by atoms with Gasteiger partial charge in [0.15, 0.2) is 0 Å². The standard InChI is InChI=1S/C6H13N2.Pt/c7-5-3-1-2-4-6(5)8;/h5H,1-4,7-8H2;/q-1;. The van der Waals surface area contributed by atoms with Gasteiger partial charge in [0.25, 0.3) is 0 Å². The maximum absolute atomic E-state index is 5.62. The molecular weight excluding hydrogens is 295 g/mol. The van der Waals surface area contributed by atoms with Crippen molar-refractivity contribution < 1.29 is 21.1 Å².